The molecule has 2 heterocycles. The van der Waals surface area contributed by atoms with Gasteiger partial charge in [-0.25, -0.2) is 9.67 Å². The van der Waals surface area contributed by atoms with Crippen LogP contribution in [0.5, 0.6) is 0 Å². The second kappa shape index (κ2) is 8.77. The summed E-state index contributed by atoms with van der Waals surface area (Å²) in [6.45, 7) is 2.08. The van der Waals surface area contributed by atoms with E-state index in [0.29, 0.717) is 17.5 Å². The van der Waals surface area contributed by atoms with Crippen molar-refractivity contribution in [3.05, 3.63) is 58.5 Å². The molecule has 0 saturated heterocycles. The zero-order chi connectivity index (χ0) is 18.4. The Kier molecular flexibility index (Phi) is 6.19. The Morgan fingerprint density at radius 2 is 2.00 bits per heavy atom. The van der Waals surface area contributed by atoms with Gasteiger partial charge < -0.3 is 5.32 Å². The molecule has 0 unspecified atom stereocenters. The monoisotopic (exact) mass is 386 g/mol. The fourth-order valence-corrected chi connectivity index (χ4v) is 3.96. The average molecular weight is 387 g/mol. The Labute approximate surface area is 159 Å². The summed E-state index contributed by atoms with van der Waals surface area (Å²) in [5, 5.41) is 7.72. The van der Waals surface area contributed by atoms with Crippen LogP contribution < -0.4 is 5.32 Å². The maximum absolute atomic E-state index is 12.3. The Hall–Kier alpha value is -2.45. The summed E-state index contributed by atoms with van der Waals surface area (Å²) in [6, 6.07) is 13.5. The Morgan fingerprint density at radius 1 is 1.19 bits per heavy atom. The molecule has 0 atom stereocenters. The molecule has 1 N–H and O–H groups in total. The van der Waals surface area contributed by atoms with Crippen molar-refractivity contribution in [3.8, 4) is 5.69 Å². The van der Waals surface area contributed by atoms with E-state index in [1.54, 1.807) is 11.0 Å². The van der Waals surface area contributed by atoms with Crippen LogP contribution in [-0.2, 0) is 11.2 Å². The maximum atomic E-state index is 12.3. The third kappa shape index (κ3) is 5.03. The van der Waals surface area contributed by atoms with Gasteiger partial charge >= 0.3 is 0 Å². The van der Waals surface area contributed by atoms with Gasteiger partial charge in [0, 0.05) is 18.3 Å². The second-order valence-corrected chi connectivity index (χ2v) is 7.63. The first-order valence-electron chi connectivity index (χ1n) is 8.08. The van der Waals surface area contributed by atoms with Crippen LogP contribution in [0, 0.1) is 0 Å². The summed E-state index contributed by atoms with van der Waals surface area (Å²) in [4.78, 5) is 29.3. The number of aromatic nitrogens is 3. The van der Waals surface area contributed by atoms with E-state index in [-0.39, 0.29) is 11.7 Å². The fraction of sp³-hybridized carbons (Fsp3) is 0.222. The van der Waals surface area contributed by atoms with Gasteiger partial charge in [0.05, 0.1) is 16.3 Å². The van der Waals surface area contributed by atoms with Crippen molar-refractivity contribution in [2.45, 2.75) is 18.5 Å². The van der Waals surface area contributed by atoms with E-state index in [1.165, 1.54) is 30.0 Å². The fourth-order valence-electron chi connectivity index (χ4n) is 2.24. The van der Waals surface area contributed by atoms with E-state index in [2.05, 4.69) is 15.4 Å². The van der Waals surface area contributed by atoms with Crippen molar-refractivity contribution in [1.82, 2.24) is 20.1 Å². The highest BCUT2D eigenvalue weighted by atomic mass is 32.2. The van der Waals surface area contributed by atoms with Crippen LogP contribution in [0.3, 0.4) is 0 Å². The summed E-state index contributed by atoms with van der Waals surface area (Å²) in [5.41, 5.74) is 0.931. The third-order valence-electron chi connectivity index (χ3n) is 3.51. The quantitative estimate of drug-likeness (QED) is 0.476. The van der Waals surface area contributed by atoms with Gasteiger partial charge in [-0.3, -0.25) is 9.59 Å². The third-order valence-corrected chi connectivity index (χ3v) is 5.54. The number of benzene rings is 1. The number of nitrogens with zero attached hydrogens (tertiary/aromatic N) is 3. The molecular weight excluding hydrogens is 368 g/mol. The Bertz CT molecular complexity index is 890. The van der Waals surface area contributed by atoms with Crippen molar-refractivity contribution >= 4 is 34.8 Å². The molecule has 0 saturated carbocycles. The van der Waals surface area contributed by atoms with Gasteiger partial charge in [-0.2, -0.15) is 0 Å². The largest absolute Gasteiger partial charge is 0.356 e. The average Bonchev–Trinajstić information content (AvgIpc) is 3.30. The number of nitrogens with one attached hydrogen (secondary N) is 1. The van der Waals surface area contributed by atoms with Crippen LogP contribution in [0.2, 0.25) is 0 Å². The molecule has 3 rings (SSSR count). The summed E-state index contributed by atoms with van der Waals surface area (Å²) in [5.74, 6) is 0.309. The van der Waals surface area contributed by atoms with Gasteiger partial charge in [-0.15, -0.1) is 16.4 Å². The van der Waals surface area contributed by atoms with Crippen molar-refractivity contribution in [2.75, 3.05) is 12.3 Å². The number of carbonyl (C=O) groups excluding carboxylic acids is 2. The van der Waals surface area contributed by atoms with Crippen LogP contribution in [0.15, 0.2) is 53.9 Å². The van der Waals surface area contributed by atoms with E-state index in [0.717, 1.165) is 21.9 Å². The molecule has 8 heteroatoms. The molecule has 6 nitrogen and oxygen atoms in total. The molecule has 0 spiro atoms. The molecule has 2 aromatic heterocycles. The predicted molar refractivity (Wildman–Crippen MR) is 103 cm³/mol. The highest BCUT2D eigenvalue weighted by Crippen LogP contribution is 2.21. The topological polar surface area (TPSA) is 76.9 Å². The number of hydrogen-bond acceptors (Lipinski definition) is 6. The zero-order valence-electron chi connectivity index (χ0n) is 14.2. The molecule has 26 heavy (non-hydrogen) atoms. The van der Waals surface area contributed by atoms with E-state index in [4.69, 9.17) is 0 Å². The number of ketones is 1. The number of para-hydroxylation sites is 1. The Morgan fingerprint density at radius 3 is 2.77 bits per heavy atom. The van der Waals surface area contributed by atoms with Crippen molar-refractivity contribution in [3.63, 3.8) is 0 Å². The summed E-state index contributed by atoms with van der Waals surface area (Å²) >= 11 is 2.80. The van der Waals surface area contributed by atoms with Crippen molar-refractivity contribution in [2.24, 2.45) is 0 Å². The smallest absolute Gasteiger partial charge is 0.216 e. The maximum Gasteiger partial charge on any atom is 0.216 e. The summed E-state index contributed by atoms with van der Waals surface area (Å²) in [6.07, 6.45) is 2.38. The zero-order valence-corrected chi connectivity index (χ0v) is 15.8. The van der Waals surface area contributed by atoms with Crippen LogP contribution in [0.1, 0.15) is 21.5 Å². The standard InChI is InChI=1S/C18H18N4O2S2/c1-13(23)19-10-9-15-7-8-17(26-15)16(24)11-25-18-20-12-22(21-18)14-5-3-2-4-6-14/h2-8,12H,9-11H2,1H3,(H,19,23). The molecule has 0 radical (unpaired) electrons. The molecule has 0 aliphatic rings. The van der Waals surface area contributed by atoms with Gasteiger partial charge in [0.15, 0.2) is 5.78 Å². The lowest BCUT2D eigenvalue weighted by atomic mass is 10.3. The number of carbonyl (C=O) groups is 2. The number of hydrogen-bond donors (Lipinski definition) is 1. The predicted octanol–water partition coefficient (Wildman–Crippen LogP) is 2.98. The van der Waals surface area contributed by atoms with Gasteiger partial charge in [0.1, 0.15) is 6.33 Å². The summed E-state index contributed by atoms with van der Waals surface area (Å²) in [7, 11) is 0. The molecule has 0 aliphatic heterocycles. The second-order valence-electron chi connectivity index (χ2n) is 5.52. The lowest BCUT2D eigenvalue weighted by Gasteiger charge is -1.99. The minimum Gasteiger partial charge on any atom is -0.356 e. The molecule has 134 valence electrons. The van der Waals surface area contributed by atoms with Crippen LogP contribution >= 0.6 is 23.1 Å². The lowest BCUT2D eigenvalue weighted by molar-refractivity contribution is -0.118. The molecule has 0 bridgehead atoms. The summed E-state index contributed by atoms with van der Waals surface area (Å²) < 4.78 is 1.69. The highest BCUT2D eigenvalue weighted by Gasteiger charge is 2.12. The van der Waals surface area contributed by atoms with Gasteiger partial charge in [0.2, 0.25) is 11.1 Å². The van der Waals surface area contributed by atoms with Crippen LogP contribution in [-0.4, -0.2) is 38.8 Å². The first-order chi connectivity index (χ1) is 12.6. The van der Waals surface area contributed by atoms with E-state index < -0.39 is 0 Å². The minimum atomic E-state index is -0.0447. The normalized spacial score (nSPS) is 10.7. The molecular formula is C18H18N4O2S2. The minimum absolute atomic E-state index is 0.0447. The number of amides is 1. The first-order valence-corrected chi connectivity index (χ1v) is 9.88. The van der Waals surface area contributed by atoms with Crippen molar-refractivity contribution < 1.29 is 9.59 Å². The SMILES string of the molecule is CC(=O)NCCc1ccc(C(=O)CSc2ncn(-c3ccccc3)n2)s1. The molecule has 1 aromatic carbocycles. The van der Waals surface area contributed by atoms with Gasteiger partial charge in [-0.1, -0.05) is 30.0 Å². The van der Waals surface area contributed by atoms with E-state index >= 15 is 0 Å². The highest BCUT2D eigenvalue weighted by molar-refractivity contribution is 7.99. The lowest BCUT2D eigenvalue weighted by Crippen LogP contribution is -2.22. The van der Waals surface area contributed by atoms with Gasteiger partial charge in [-0.05, 0) is 30.7 Å². The Balaban J connectivity index is 1.52. The molecule has 1 amide bonds. The molecule has 0 fully saturated rings. The van der Waals surface area contributed by atoms with E-state index in [1.807, 2.05) is 42.5 Å². The van der Waals surface area contributed by atoms with E-state index in [9.17, 15) is 9.59 Å². The molecule has 0 aliphatic carbocycles. The van der Waals surface area contributed by atoms with Crippen LogP contribution in [0.4, 0.5) is 0 Å². The number of thiophene rings is 1. The number of rotatable bonds is 8. The number of Topliss-reactive ketones (excluding diaryl/α,β-unsaturated/α-hetero) is 1. The van der Waals surface area contributed by atoms with Gasteiger partial charge in [0.25, 0.3) is 0 Å². The van der Waals surface area contributed by atoms with Crippen LogP contribution in [0.25, 0.3) is 5.69 Å². The molecule has 3 aromatic rings. The first kappa shape index (κ1) is 18.3. The van der Waals surface area contributed by atoms with Crippen molar-refractivity contribution in [1.29, 1.82) is 0 Å². The number of thioether (sulfide) groups is 1.